The van der Waals surface area contributed by atoms with E-state index in [1.54, 1.807) is 4.90 Å². The molecule has 0 bridgehead atoms. The molecule has 0 atom stereocenters. The zero-order chi connectivity index (χ0) is 15.9. The average molecular weight is 322 g/mol. The van der Waals surface area contributed by atoms with Crippen LogP contribution >= 0.6 is 11.6 Å². The molecule has 0 aromatic carbocycles. The van der Waals surface area contributed by atoms with Gasteiger partial charge in [0.2, 0.25) is 0 Å². The largest absolute Gasteiger partial charge is 0.509 e. The first-order valence-electron chi connectivity index (χ1n) is 7.15. The van der Waals surface area contributed by atoms with E-state index in [9.17, 15) is 9.59 Å². The first kappa shape index (κ1) is 17.9. The van der Waals surface area contributed by atoms with Crippen molar-refractivity contribution in [2.45, 2.75) is 45.6 Å². The van der Waals surface area contributed by atoms with Crippen LogP contribution in [0.5, 0.6) is 0 Å². The fraction of sp³-hybridized carbons (Fsp3) is 0.857. The van der Waals surface area contributed by atoms with Gasteiger partial charge >= 0.3 is 12.2 Å². The van der Waals surface area contributed by atoms with E-state index in [2.05, 4.69) is 4.74 Å². The summed E-state index contributed by atoms with van der Waals surface area (Å²) in [6, 6.07) is -0.201. The minimum Gasteiger partial charge on any atom is -0.444 e. The Labute approximate surface area is 130 Å². The molecule has 0 spiro atoms. The number of halogens is 1. The number of likely N-dealkylation sites (tertiary alicyclic amines) is 1. The van der Waals surface area contributed by atoms with Crippen molar-refractivity contribution in [2.24, 2.45) is 5.92 Å². The summed E-state index contributed by atoms with van der Waals surface area (Å²) >= 11 is 5.24. The van der Waals surface area contributed by atoms with E-state index in [0.717, 1.165) is 19.3 Å². The zero-order valence-corrected chi connectivity index (χ0v) is 13.6. The monoisotopic (exact) mass is 321 g/mol. The zero-order valence-electron chi connectivity index (χ0n) is 12.9. The summed E-state index contributed by atoms with van der Waals surface area (Å²) in [5.74, 6) is 0.437. The van der Waals surface area contributed by atoms with Gasteiger partial charge in [-0.2, -0.15) is 0 Å². The maximum atomic E-state index is 11.9. The van der Waals surface area contributed by atoms with Gasteiger partial charge in [0.25, 0.3) is 0 Å². The molecule has 21 heavy (non-hydrogen) atoms. The van der Waals surface area contributed by atoms with Crippen LogP contribution in [-0.2, 0) is 14.2 Å². The molecule has 1 fully saturated rings. The van der Waals surface area contributed by atoms with Crippen molar-refractivity contribution in [2.75, 3.05) is 25.8 Å². The summed E-state index contributed by atoms with van der Waals surface area (Å²) in [6.07, 6.45) is 1.53. The van der Waals surface area contributed by atoms with Crippen molar-refractivity contribution in [3.05, 3.63) is 0 Å². The number of hydrogen-bond acceptors (Lipinski definition) is 5. The number of alkyl halides is 1. The van der Waals surface area contributed by atoms with Crippen LogP contribution in [-0.4, -0.2) is 48.5 Å². The molecule has 1 amide bonds. The fourth-order valence-electron chi connectivity index (χ4n) is 2.13. The third-order valence-corrected chi connectivity index (χ3v) is 3.29. The van der Waals surface area contributed by atoms with Crippen molar-refractivity contribution < 1.29 is 23.8 Å². The quantitative estimate of drug-likeness (QED) is 0.586. The molecule has 122 valence electrons. The fourth-order valence-corrected chi connectivity index (χ4v) is 2.21. The Morgan fingerprint density at radius 1 is 1.19 bits per heavy atom. The van der Waals surface area contributed by atoms with Crippen LogP contribution in [0, 0.1) is 5.92 Å². The highest BCUT2D eigenvalue weighted by molar-refractivity contribution is 6.17. The van der Waals surface area contributed by atoms with E-state index in [1.807, 2.05) is 20.8 Å². The van der Waals surface area contributed by atoms with E-state index < -0.39 is 11.8 Å². The highest BCUT2D eigenvalue weighted by Gasteiger charge is 2.26. The number of carbonyl (C=O) groups excluding carboxylic acids is 2. The van der Waals surface area contributed by atoms with Crippen LogP contribution in [0.1, 0.15) is 40.0 Å². The molecule has 0 aliphatic carbocycles. The van der Waals surface area contributed by atoms with Crippen molar-refractivity contribution in [1.82, 2.24) is 4.90 Å². The molecule has 7 heteroatoms. The second kappa shape index (κ2) is 8.32. The number of ether oxygens (including phenoxy) is 3. The molecule has 0 N–H and O–H groups in total. The van der Waals surface area contributed by atoms with Gasteiger partial charge in [-0.25, -0.2) is 9.59 Å². The van der Waals surface area contributed by atoms with Crippen LogP contribution in [0.4, 0.5) is 9.59 Å². The van der Waals surface area contributed by atoms with E-state index in [4.69, 9.17) is 21.1 Å². The lowest BCUT2D eigenvalue weighted by molar-refractivity contribution is 0.0168. The van der Waals surface area contributed by atoms with E-state index in [1.165, 1.54) is 0 Å². The summed E-state index contributed by atoms with van der Waals surface area (Å²) in [6.45, 7) is 7.23. The molecule has 0 aromatic rings. The van der Waals surface area contributed by atoms with Crippen LogP contribution < -0.4 is 0 Å². The Balaban J connectivity index is 2.20. The van der Waals surface area contributed by atoms with Crippen molar-refractivity contribution in [3.63, 3.8) is 0 Å². The highest BCUT2D eigenvalue weighted by atomic mass is 35.5. The van der Waals surface area contributed by atoms with Crippen molar-refractivity contribution in [1.29, 1.82) is 0 Å². The molecular weight excluding hydrogens is 298 g/mol. The normalized spacial score (nSPS) is 16.5. The summed E-state index contributed by atoms with van der Waals surface area (Å²) in [5.41, 5.74) is -0.468. The van der Waals surface area contributed by atoms with E-state index in [0.29, 0.717) is 25.6 Å². The Kier molecular flexibility index (Phi) is 7.08. The number of carbonyl (C=O) groups is 2. The standard InChI is InChI=1S/C14H24ClNO5/c1-14(2,3)21-12(17)16-7-4-11(5-8-16)6-9-19-13(18)20-10-15/h11H,4-10H2,1-3H3. The van der Waals surface area contributed by atoms with Crippen LogP contribution in [0.15, 0.2) is 0 Å². The number of amides is 1. The Hall–Kier alpha value is -1.17. The van der Waals surface area contributed by atoms with Gasteiger partial charge in [0.15, 0.2) is 6.07 Å². The SMILES string of the molecule is CC(C)(C)OC(=O)N1CCC(CCOC(=O)OCCl)CC1. The smallest absolute Gasteiger partial charge is 0.444 e. The number of hydrogen-bond donors (Lipinski definition) is 0. The predicted octanol–water partition coefficient (Wildman–Crippen LogP) is 3.37. The molecular formula is C14H24ClNO5. The predicted molar refractivity (Wildman–Crippen MR) is 78.3 cm³/mol. The molecule has 1 aliphatic heterocycles. The number of rotatable bonds is 4. The van der Waals surface area contributed by atoms with Gasteiger partial charge < -0.3 is 19.1 Å². The minimum absolute atomic E-state index is 0.201. The van der Waals surface area contributed by atoms with Crippen LogP contribution in [0.25, 0.3) is 0 Å². The summed E-state index contributed by atoms with van der Waals surface area (Å²) in [4.78, 5) is 24.6. The van der Waals surface area contributed by atoms with Gasteiger partial charge in [-0.1, -0.05) is 11.6 Å². The third-order valence-electron chi connectivity index (χ3n) is 3.18. The highest BCUT2D eigenvalue weighted by Crippen LogP contribution is 2.22. The molecule has 0 saturated carbocycles. The second-order valence-electron chi connectivity index (χ2n) is 6.05. The third kappa shape index (κ3) is 7.41. The second-order valence-corrected chi connectivity index (χ2v) is 6.27. The maximum absolute atomic E-state index is 11.9. The molecule has 1 rings (SSSR count). The van der Waals surface area contributed by atoms with Crippen molar-refractivity contribution in [3.8, 4) is 0 Å². The van der Waals surface area contributed by atoms with Crippen molar-refractivity contribution >= 4 is 23.8 Å². The minimum atomic E-state index is -0.740. The Morgan fingerprint density at radius 3 is 2.33 bits per heavy atom. The van der Waals surface area contributed by atoms with Crippen LogP contribution in [0.3, 0.4) is 0 Å². The molecule has 6 nitrogen and oxygen atoms in total. The topological polar surface area (TPSA) is 65.1 Å². The van der Waals surface area contributed by atoms with E-state index >= 15 is 0 Å². The molecule has 1 heterocycles. The van der Waals surface area contributed by atoms with Crippen LogP contribution in [0.2, 0.25) is 0 Å². The van der Waals surface area contributed by atoms with Gasteiger partial charge in [0, 0.05) is 13.1 Å². The summed E-state index contributed by atoms with van der Waals surface area (Å²) in [7, 11) is 0. The Bertz CT molecular complexity index is 348. The lowest BCUT2D eigenvalue weighted by Crippen LogP contribution is -2.41. The van der Waals surface area contributed by atoms with Gasteiger partial charge in [-0.15, -0.1) is 0 Å². The lowest BCUT2D eigenvalue weighted by atomic mass is 9.94. The molecule has 0 unspecified atom stereocenters. The first-order valence-corrected chi connectivity index (χ1v) is 7.68. The first-order chi connectivity index (χ1) is 9.81. The van der Waals surface area contributed by atoms with Gasteiger partial charge in [-0.3, -0.25) is 0 Å². The Morgan fingerprint density at radius 2 is 1.81 bits per heavy atom. The maximum Gasteiger partial charge on any atom is 0.509 e. The summed E-state index contributed by atoms with van der Waals surface area (Å²) in [5, 5.41) is 0. The lowest BCUT2D eigenvalue weighted by Gasteiger charge is -2.33. The number of nitrogens with zero attached hydrogens (tertiary/aromatic N) is 1. The summed E-state index contributed by atoms with van der Waals surface area (Å²) < 4.78 is 14.7. The van der Waals surface area contributed by atoms with Gasteiger partial charge in [-0.05, 0) is 46.0 Å². The average Bonchev–Trinajstić information content (AvgIpc) is 2.38. The molecule has 0 radical (unpaired) electrons. The molecule has 1 saturated heterocycles. The van der Waals surface area contributed by atoms with Gasteiger partial charge in [0.1, 0.15) is 5.60 Å². The van der Waals surface area contributed by atoms with Gasteiger partial charge in [0.05, 0.1) is 6.61 Å². The molecule has 0 aromatic heterocycles. The molecule has 1 aliphatic rings. The number of piperidine rings is 1. The van der Waals surface area contributed by atoms with E-state index in [-0.39, 0.29) is 12.2 Å².